The zero-order chi connectivity index (χ0) is 17.4. The van der Waals surface area contributed by atoms with E-state index in [1.54, 1.807) is 19.2 Å². The lowest BCUT2D eigenvalue weighted by molar-refractivity contribution is -0.384. The van der Waals surface area contributed by atoms with Gasteiger partial charge in [-0.3, -0.25) is 15.1 Å². The van der Waals surface area contributed by atoms with E-state index in [2.05, 4.69) is 15.6 Å². The molecule has 8 nitrogen and oxygen atoms in total. The molecule has 1 fully saturated rings. The van der Waals surface area contributed by atoms with E-state index in [9.17, 15) is 15.2 Å². The van der Waals surface area contributed by atoms with E-state index in [0.717, 1.165) is 18.6 Å². The average molecular weight is 336 g/mol. The summed E-state index contributed by atoms with van der Waals surface area (Å²) in [5.41, 5.74) is 0.950. The number of rotatable bonds is 7. The summed E-state index contributed by atoms with van der Waals surface area (Å²) in [6.45, 7) is 2.69. The molecule has 0 saturated carbocycles. The van der Waals surface area contributed by atoms with Crippen molar-refractivity contribution in [3.63, 3.8) is 0 Å². The first-order valence-electron chi connectivity index (χ1n) is 7.95. The SMILES string of the molecule is CN=C(NCc1ccc([N+](=O)[O-])cc1)NCC1(CCO)CCOC1. The van der Waals surface area contributed by atoms with Gasteiger partial charge in [0, 0.05) is 50.9 Å². The number of ether oxygens (including phenoxy) is 1. The zero-order valence-corrected chi connectivity index (χ0v) is 13.8. The first kappa shape index (κ1) is 18.2. The van der Waals surface area contributed by atoms with E-state index in [1.807, 2.05) is 0 Å². The minimum atomic E-state index is -0.415. The van der Waals surface area contributed by atoms with Gasteiger partial charge in [0.2, 0.25) is 0 Å². The van der Waals surface area contributed by atoms with Crippen LogP contribution in [0.25, 0.3) is 0 Å². The molecule has 24 heavy (non-hydrogen) atoms. The quantitative estimate of drug-likeness (QED) is 0.297. The van der Waals surface area contributed by atoms with Gasteiger partial charge in [-0.05, 0) is 18.4 Å². The highest BCUT2D eigenvalue weighted by Gasteiger charge is 2.34. The Morgan fingerprint density at radius 3 is 2.71 bits per heavy atom. The third-order valence-electron chi connectivity index (χ3n) is 4.29. The number of nitro groups is 1. The molecule has 8 heteroatoms. The minimum Gasteiger partial charge on any atom is -0.396 e. The van der Waals surface area contributed by atoms with Crippen molar-refractivity contribution in [2.45, 2.75) is 19.4 Å². The molecule has 1 aliphatic rings. The smallest absolute Gasteiger partial charge is 0.269 e. The molecule has 0 amide bonds. The van der Waals surface area contributed by atoms with Crippen molar-refractivity contribution >= 4 is 11.6 Å². The van der Waals surface area contributed by atoms with Crippen LogP contribution in [0.3, 0.4) is 0 Å². The molecule has 1 unspecified atom stereocenters. The summed E-state index contributed by atoms with van der Waals surface area (Å²) in [5, 5.41) is 26.4. The largest absolute Gasteiger partial charge is 0.396 e. The van der Waals surface area contributed by atoms with Crippen molar-refractivity contribution in [3.05, 3.63) is 39.9 Å². The van der Waals surface area contributed by atoms with Crippen molar-refractivity contribution in [3.8, 4) is 0 Å². The maximum atomic E-state index is 10.7. The maximum absolute atomic E-state index is 10.7. The third kappa shape index (κ3) is 4.90. The van der Waals surface area contributed by atoms with Crippen LogP contribution in [0.5, 0.6) is 0 Å². The number of aliphatic hydroxyl groups excluding tert-OH is 1. The molecule has 0 aliphatic carbocycles. The number of guanidine groups is 1. The van der Waals surface area contributed by atoms with Crippen molar-refractivity contribution in [2.75, 3.05) is 33.4 Å². The van der Waals surface area contributed by atoms with Gasteiger partial charge in [0.15, 0.2) is 5.96 Å². The second-order valence-electron chi connectivity index (χ2n) is 5.98. The molecule has 1 aromatic carbocycles. The third-order valence-corrected chi connectivity index (χ3v) is 4.29. The number of nitrogens with one attached hydrogen (secondary N) is 2. The van der Waals surface area contributed by atoms with E-state index in [-0.39, 0.29) is 17.7 Å². The predicted molar refractivity (Wildman–Crippen MR) is 90.9 cm³/mol. The van der Waals surface area contributed by atoms with Gasteiger partial charge in [-0.15, -0.1) is 0 Å². The molecule has 132 valence electrons. The van der Waals surface area contributed by atoms with Gasteiger partial charge < -0.3 is 20.5 Å². The minimum absolute atomic E-state index is 0.0558. The van der Waals surface area contributed by atoms with Crippen molar-refractivity contribution in [1.29, 1.82) is 0 Å². The van der Waals surface area contributed by atoms with Gasteiger partial charge >= 0.3 is 0 Å². The first-order valence-corrected chi connectivity index (χ1v) is 7.95. The van der Waals surface area contributed by atoms with Crippen molar-refractivity contribution < 1.29 is 14.8 Å². The highest BCUT2D eigenvalue weighted by atomic mass is 16.6. The fourth-order valence-corrected chi connectivity index (χ4v) is 2.72. The average Bonchev–Trinajstić information content (AvgIpc) is 3.04. The number of non-ortho nitro benzene ring substituents is 1. The van der Waals surface area contributed by atoms with Gasteiger partial charge in [0.1, 0.15) is 0 Å². The molecule has 0 radical (unpaired) electrons. The second-order valence-corrected chi connectivity index (χ2v) is 5.98. The molecule has 1 heterocycles. The van der Waals surface area contributed by atoms with Crippen LogP contribution in [-0.4, -0.2) is 49.4 Å². The summed E-state index contributed by atoms with van der Waals surface area (Å²) in [5.74, 6) is 0.651. The van der Waals surface area contributed by atoms with Crippen LogP contribution in [0.1, 0.15) is 18.4 Å². The van der Waals surface area contributed by atoms with Gasteiger partial charge in [-0.1, -0.05) is 12.1 Å². The van der Waals surface area contributed by atoms with E-state index >= 15 is 0 Å². The van der Waals surface area contributed by atoms with Crippen LogP contribution in [0.15, 0.2) is 29.3 Å². The Hall–Kier alpha value is -2.19. The number of aliphatic hydroxyl groups is 1. The van der Waals surface area contributed by atoms with E-state index < -0.39 is 4.92 Å². The lowest BCUT2D eigenvalue weighted by Gasteiger charge is -2.27. The highest BCUT2D eigenvalue weighted by Crippen LogP contribution is 2.31. The molecule has 1 aromatic rings. The second kappa shape index (κ2) is 8.60. The maximum Gasteiger partial charge on any atom is 0.269 e. The van der Waals surface area contributed by atoms with Gasteiger partial charge in [-0.2, -0.15) is 0 Å². The lowest BCUT2D eigenvalue weighted by atomic mass is 9.84. The van der Waals surface area contributed by atoms with E-state index in [4.69, 9.17) is 4.74 Å². The summed E-state index contributed by atoms with van der Waals surface area (Å²) in [4.78, 5) is 14.4. The van der Waals surface area contributed by atoms with Crippen molar-refractivity contribution in [2.24, 2.45) is 10.4 Å². The molecule has 1 saturated heterocycles. The Balaban J connectivity index is 1.85. The molecule has 0 bridgehead atoms. The van der Waals surface area contributed by atoms with Crippen LogP contribution in [0.4, 0.5) is 5.69 Å². The van der Waals surface area contributed by atoms with Crippen molar-refractivity contribution in [1.82, 2.24) is 10.6 Å². The van der Waals surface area contributed by atoms with Crippen LogP contribution in [0, 0.1) is 15.5 Å². The van der Waals surface area contributed by atoms with Crippen LogP contribution in [0.2, 0.25) is 0 Å². The number of aliphatic imine (C=N–C) groups is 1. The van der Waals surface area contributed by atoms with Crippen LogP contribution >= 0.6 is 0 Å². The molecule has 2 rings (SSSR count). The Bertz CT molecular complexity index is 568. The standard InChI is InChI=1S/C16H24N4O4/c1-17-15(19-11-16(6-8-21)7-9-24-12-16)18-10-13-2-4-14(5-3-13)20(22)23/h2-5,21H,6-12H2,1H3,(H2,17,18,19). The Morgan fingerprint density at radius 1 is 1.42 bits per heavy atom. The number of nitrogens with zero attached hydrogens (tertiary/aromatic N) is 2. The first-order chi connectivity index (χ1) is 11.6. The zero-order valence-electron chi connectivity index (χ0n) is 13.8. The Kier molecular flexibility index (Phi) is 6.51. The van der Waals surface area contributed by atoms with E-state index in [1.165, 1.54) is 12.1 Å². The molecular formula is C16H24N4O4. The summed E-state index contributed by atoms with van der Waals surface area (Å²) in [6, 6.07) is 6.41. The predicted octanol–water partition coefficient (Wildman–Crippen LogP) is 1.05. The molecule has 0 spiro atoms. The molecular weight excluding hydrogens is 312 g/mol. The van der Waals surface area contributed by atoms with E-state index in [0.29, 0.717) is 32.1 Å². The van der Waals surface area contributed by atoms with Crippen LogP contribution < -0.4 is 10.6 Å². The fourth-order valence-electron chi connectivity index (χ4n) is 2.72. The van der Waals surface area contributed by atoms with Gasteiger partial charge in [0.25, 0.3) is 5.69 Å². The topological polar surface area (TPSA) is 109 Å². The lowest BCUT2D eigenvalue weighted by Crippen LogP contribution is -2.44. The monoisotopic (exact) mass is 336 g/mol. The number of hydrogen-bond donors (Lipinski definition) is 3. The fraction of sp³-hybridized carbons (Fsp3) is 0.562. The Labute approximate surface area is 141 Å². The number of hydrogen-bond acceptors (Lipinski definition) is 5. The molecule has 1 aliphatic heterocycles. The number of nitro benzene ring substituents is 1. The molecule has 1 atom stereocenters. The van der Waals surface area contributed by atoms with Gasteiger partial charge in [0.05, 0.1) is 11.5 Å². The summed E-state index contributed by atoms with van der Waals surface area (Å²) >= 11 is 0. The highest BCUT2D eigenvalue weighted by molar-refractivity contribution is 5.79. The summed E-state index contributed by atoms with van der Waals surface area (Å²) < 4.78 is 5.47. The summed E-state index contributed by atoms with van der Waals surface area (Å²) in [7, 11) is 1.69. The summed E-state index contributed by atoms with van der Waals surface area (Å²) in [6.07, 6.45) is 1.61. The van der Waals surface area contributed by atoms with Crippen LogP contribution in [-0.2, 0) is 11.3 Å². The Morgan fingerprint density at radius 2 is 2.17 bits per heavy atom. The normalized spacial score (nSPS) is 20.8. The van der Waals surface area contributed by atoms with Gasteiger partial charge in [-0.25, -0.2) is 0 Å². The number of benzene rings is 1. The molecule has 0 aromatic heterocycles. The molecule has 3 N–H and O–H groups in total.